The quantitative estimate of drug-likeness (QED) is 0.345. The topological polar surface area (TPSA) is 21.3 Å². The molecule has 1 N–H and O–H groups in total. The molecule has 0 fully saturated rings. The van der Waals surface area contributed by atoms with Gasteiger partial charge in [-0.05, 0) is 13.3 Å². The molecule has 0 heterocycles. The van der Waals surface area contributed by atoms with E-state index in [1.54, 1.807) is 0 Å². The van der Waals surface area contributed by atoms with E-state index in [1.807, 2.05) is 20.4 Å². The van der Waals surface area contributed by atoms with Gasteiger partial charge in [0.15, 0.2) is 0 Å². The lowest BCUT2D eigenvalue weighted by Crippen LogP contribution is -2.11. The minimum absolute atomic E-state index is 0.580. The van der Waals surface area contributed by atoms with Gasteiger partial charge in [-0.15, -0.1) is 0 Å². The van der Waals surface area contributed by atoms with E-state index in [0.29, 0.717) is 6.61 Å². The van der Waals surface area contributed by atoms with Gasteiger partial charge in [0, 0.05) is 6.54 Å². The SMILES string of the molecule is C=C(C)CON[CH]CC. The van der Waals surface area contributed by atoms with Gasteiger partial charge in [0.2, 0.25) is 0 Å². The lowest BCUT2D eigenvalue weighted by Gasteiger charge is -2.01. The molecule has 0 atom stereocenters. The Bertz CT molecular complexity index is 81.0. The zero-order valence-corrected chi connectivity index (χ0v) is 6.11. The second kappa shape index (κ2) is 5.79. The zero-order valence-electron chi connectivity index (χ0n) is 6.11. The highest BCUT2D eigenvalue weighted by molar-refractivity contribution is 4.86. The van der Waals surface area contributed by atoms with Crippen LogP contribution in [-0.2, 0) is 4.84 Å². The van der Waals surface area contributed by atoms with Crippen LogP contribution in [0.15, 0.2) is 12.2 Å². The monoisotopic (exact) mass is 128 g/mol. The Morgan fingerprint density at radius 1 is 1.78 bits per heavy atom. The molecule has 0 aliphatic carbocycles. The van der Waals surface area contributed by atoms with Crippen molar-refractivity contribution in [2.24, 2.45) is 0 Å². The summed E-state index contributed by atoms with van der Waals surface area (Å²) in [6, 6.07) is 0. The summed E-state index contributed by atoms with van der Waals surface area (Å²) >= 11 is 0. The van der Waals surface area contributed by atoms with Crippen molar-refractivity contribution in [1.29, 1.82) is 0 Å². The van der Waals surface area contributed by atoms with E-state index in [2.05, 4.69) is 12.1 Å². The van der Waals surface area contributed by atoms with E-state index in [1.165, 1.54) is 0 Å². The smallest absolute Gasteiger partial charge is 0.0887 e. The minimum atomic E-state index is 0.580. The van der Waals surface area contributed by atoms with E-state index in [-0.39, 0.29) is 0 Å². The van der Waals surface area contributed by atoms with Gasteiger partial charge in [0.05, 0.1) is 6.61 Å². The highest BCUT2D eigenvalue weighted by atomic mass is 16.6. The van der Waals surface area contributed by atoms with E-state index in [4.69, 9.17) is 4.84 Å². The molecule has 0 aliphatic rings. The highest BCUT2D eigenvalue weighted by Gasteiger charge is 1.84. The summed E-state index contributed by atoms with van der Waals surface area (Å²) in [7, 11) is 0. The van der Waals surface area contributed by atoms with Crippen molar-refractivity contribution in [2.75, 3.05) is 6.61 Å². The van der Waals surface area contributed by atoms with Gasteiger partial charge in [0.25, 0.3) is 0 Å². The summed E-state index contributed by atoms with van der Waals surface area (Å²) in [4.78, 5) is 4.93. The third-order valence-corrected chi connectivity index (χ3v) is 0.689. The summed E-state index contributed by atoms with van der Waals surface area (Å²) in [6.07, 6.45) is 0.968. The van der Waals surface area contributed by atoms with Gasteiger partial charge in [-0.25, -0.2) is 0 Å². The van der Waals surface area contributed by atoms with Crippen LogP contribution in [0.5, 0.6) is 0 Å². The number of hydrogen-bond acceptors (Lipinski definition) is 2. The summed E-state index contributed by atoms with van der Waals surface area (Å²) in [5, 5.41) is 0. The van der Waals surface area contributed by atoms with Crippen molar-refractivity contribution in [3.8, 4) is 0 Å². The fraction of sp³-hybridized carbons (Fsp3) is 0.571. The highest BCUT2D eigenvalue weighted by Crippen LogP contribution is 1.86. The van der Waals surface area contributed by atoms with Crippen molar-refractivity contribution in [3.63, 3.8) is 0 Å². The molecule has 0 bridgehead atoms. The maximum Gasteiger partial charge on any atom is 0.0887 e. The first-order valence-corrected chi connectivity index (χ1v) is 3.10. The fourth-order valence-corrected chi connectivity index (χ4v) is 0.307. The molecular formula is C7H14NO. The molecule has 53 valence electrons. The molecule has 2 heteroatoms. The first-order chi connectivity index (χ1) is 4.27. The van der Waals surface area contributed by atoms with Gasteiger partial charge in [0.1, 0.15) is 0 Å². The Kier molecular flexibility index (Phi) is 5.57. The molecule has 0 aromatic rings. The molecule has 0 rings (SSSR count). The van der Waals surface area contributed by atoms with Crippen molar-refractivity contribution < 1.29 is 4.84 Å². The molecule has 0 saturated carbocycles. The van der Waals surface area contributed by atoms with Crippen molar-refractivity contribution in [3.05, 3.63) is 18.7 Å². The minimum Gasteiger partial charge on any atom is -0.297 e. The average Bonchev–Trinajstić information content (AvgIpc) is 1.80. The molecule has 2 nitrogen and oxygen atoms in total. The van der Waals surface area contributed by atoms with Crippen LogP contribution in [0.25, 0.3) is 0 Å². The Labute approximate surface area is 56.9 Å². The lowest BCUT2D eigenvalue weighted by atomic mass is 10.4. The summed E-state index contributed by atoms with van der Waals surface area (Å²) in [5.74, 6) is 0. The molecule has 0 aromatic carbocycles. The van der Waals surface area contributed by atoms with Crippen molar-refractivity contribution in [2.45, 2.75) is 20.3 Å². The fourth-order valence-electron chi connectivity index (χ4n) is 0.307. The van der Waals surface area contributed by atoms with Crippen molar-refractivity contribution >= 4 is 0 Å². The summed E-state index contributed by atoms with van der Waals surface area (Å²) in [5.41, 5.74) is 3.70. The predicted octanol–water partition coefficient (Wildman–Crippen LogP) is 1.66. The lowest BCUT2D eigenvalue weighted by molar-refractivity contribution is 0.0761. The van der Waals surface area contributed by atoms with Gasteiger partial charge < -0.3 is 0 Å². The Balaban J connectivity index is 2.83. The number of rotatable bonds is 5. The van der Waals surface area contributed by atoms with Crippen LogP contribution in [-0.4, -0.2) is 6.61 Å². The number of nitrogens with one attached hydrogen (secondary N) is 1. The average molecular weight is 128 g/mol. The van der Waals surface area contributed by atoms with Crippen LogP contribution in [0.2, 0.25) is 0 Å². The molecular weight excluding hydrogens is 114 g/mol. The van der Waals surface area contributed by atoms with Crippen LogP contribution in [0.3, 0.4) is 0 Å². The summed E-state index contributed by atoms with van der Waals surface area (Å²) < 4.78 is 0. The van der Waals surface area contributed by atoms with Crippen LogP contribution in [0.4, 0.5) is 0 Å². The van der Waals surface area contributed by atoms with Gasteiger partial charge in [-0.3, -0.25) is 4.84 Å². The first kappa shape index (κ1) is 8.66. The van der Waals surface area contributed by atoms with E-state index in [0.717, 1.165) is 12.0 Å². The van der Waals surface area contributed by atoms with E-state index in [9.17, 15) is 0 Å². The predicted molar refractivity (Wildman–Crippen MR) is 38.5 cm³/mol. The standard InChI is InChI=1S/C7H14NO/c1-4-5-8-9-6-7(2)3/h5,8H,2,4,6H2,1,3H3. The maximum absolute atomic E-state index is 4.93. The molecule has 0 unspecified atom stereocenters. The maximum atomic E-state index is 4.93. The first-order valence-electron chi connectivity index (χ1n) is 3.10. The second-order valence-electron chi connectivity index (χ2n) is 1.98. The Morgan fingerprint density at radius 2 is 2.44 bits per heavy atom. The molecule has 0 saturated heterocycles. The Hall–Kier alpha value is -0.340. The molecule has 0 spiro atoms. The van der Waals surface area contributed by atoms with E-state index < -0.39 is 0 Å². The van der Waals surface area contributed by atoms with Crippen LogP contribution in [0, 0.1) is 6.54 Å². The molecule has 0 aliphatic heterocycles. The molecule has 0 aromatic heterocycles. The summed E-state index contributed by atoms with van der Waals surface area (Å²) in [6.45, 7) is 10.1. The van der Waals surface area contributed by atoms with Crippen LogP contribution >= 0.6 is 0 Å². The van der Waals surface area contributed by atoms with E-state index >= 15 is 0 Å². The van der Waals surface area contributed by atoms with Gasteiger partial charge >= 0.3 is 0 Å². The van der Waals surface area contributed by atoms with Gasteiger partial charge in [-0.2, -0.15) is 5.48 Å². The number of hydroxylamine groups is 1. The van der Waals surface area contributed by atoms with Crippen LogP contribution < -0.4 is 5.48 Å². The van der Waals surface area contributed by atoms with Crippen molar-refractivity contribution in [1.82, 2.24) is 5.48 Å². The third kappa shape index (κ3) is 7.66. The third-order valence-electron chi connectivity index (χ3n) is 0.689. The van der Waals surface area contributed by atoms with Crippen LogP contribution in [0.1, 0.15) is 20.3 Å². The largest absolute Gasteiger partial charge is 0.297 e. The molecule has 9 heavy (non-hydrogen) atoms. The molecule has 0 amide bonds. The normalized spacial score (nSPS) is 9.56. The second-order valence-corrected chi connectivity index (χ2v) is 1.98. The number of hydrogen-bond donors (Lipinski definition) is 1. The Morgan fingerprint density at radius 3 is 2.89 bits per heavy atom. The zero-order chi connectivity index (χ0) is 7.11. The molecule has 1 radical (unpaired) electrons. The van der Waals surface area contributed by atoms with Gasteiger partial charge in [-0.1, -0.05) is 19.1 Å².